The molecule has 0 unspecified atom stereocenters. The molecule has 2 fully saturated rings. The van der Waals surface area contributed by atoms with Crippen LogP contribution in [-0.4, -0.2) is 115 Å². The van der Waals surface area contributed by atoms with Gasteiger partial charge in [0.2, 0.25) is 5.79 Å². The molecule has 11 nitrogen and oxygen atoms in total. The van der Waals surface area contributed by atoms with Crippen molar-refractivity contribution in [2.24, 2.45) is 0 Å². The highest BCUT2D eigenvalue weighted by Crippen LogP contribution is 2.35. The maximum Gasteiger partial charge on any atom is 0.224 e. The second-order valence-electron chi connectivity index (χ2n) is 5.56. The van der Waals surface area contributed by atoms with Gasteiger partial charge in [-0.05, 0) is 0 Å². The van der Waals surface area contributed by atoms with Crippen LogP contribution in [-0.2, 0) is 14.2 Å². The molecule has 8 N–H and O–H groups in total. The van der Waals surface area contributed by atoms with Crippen molar-refractivity contribution in [3.05, 3.63) is 0 Å². The minimum absolute atomic E-state index is 0.669. The van der Waals surface area contributed by atoms with Gasteiger partial charge in [-0.2, -0.15) is 0 Å². The van der Waals surface area contributed by atoms with Crippen molar-refractivity contribution in [3.8, 4) is 0 Å². The van der Waals surface area contributed by atoms with Gasteiger partial charge >= 0.3 is 0 Å². The maximum absolute atomic E-state index is 10.00. The molecule has 0 radical (unpaired) electrons. The summed E-state index contributed by atoms with van der Waals surface area (Å²) in [7, 11) is 0. The normalized spacial score (nSPS) is 51.1. The van der Waals surface area contributed by atoms with Gasteiger partial charge in [0, 0.05) is 0 Å². The van der Waals surface area contributed by atoms with Crippen molar-refractivity contribution in [2.45, 2.75) is 54.8 Å². The Morgan fingerprint density at radius 2 is 1.39 bits per heavy atom. The molecule has 0 amide bonds. The van der Waals surface area contributed by atoms with Crippen LogP contribution >= 0.6 is 0 Å². The Hall–Kier alpha value is -0.440. The van der Waals surface area contributed by atoms with Crippen LogP contribution in [0.2, 0.25) is 0 Å². The summed E-state index contributed by atoms with van der Waals surface area (Å²) in [5.41, 5.74) is 0. The Kier molecular flexibility index (Phi) is 5.92. The number of hydrogen-bond acceptors (Lipinski definition) is 11. The lowest BCUT2D eigenvalue weighted by Gasteiger charge is -2.43. The first-order chi connectivity index (χ1) is 10.8. The Labute approximate surface area is 130 Å². The van der Waals surface area contributed by atoms with Crippen molar-refractivity contribution in [1.82, 2.24) is 0 Å². The summed E-state index contributed by atoms with van der Waals surface area (Å²) in [6, 6.07) is 0. The van der Waals surface area contributed by atoms with E-state index in [2.05, 4.69) is 0 Å². The molecule has 2 rings (SSSR count). The van der Waals surface area contributed by atoms with Crippen LogP contribution in [0.1, 0.15) is 0 Å². The lowest BCUT2D eigenvalue weighted by Crippen LogP contribution is -2.62. The lowest BCUT2D eigenvalue weighted by atomic mass is 9.99. The van der Waals surface area contributed by atoms with Gasteiger partial charge < -0.3 is 55.1 Å². The molecule has 2 heterocycles. The molecule has 0 saturated carbocycles. The third-order valence-electron chi connectivity index (χ3n) is 4.07. The van der Waals surface area contributed by atoms with Gasteiger partial charge in [-0.1, -0.05) is 0 Å². The Morgan fingerprint density at radius 1 is 0.783 bits per heavy atom. The van der Waals surface area contributed by atoms with Crippen LogP contribution in [0.15, 0.2) is 0 Å². The second kappa shape index (κ2) is 7.21. The van der Waals surface area contributed by atoms with E-state index in [1.807, 2.05) is 0 Å². The van der Waals surface area contributed by atoms with Gasteiger partial charge in [0.05, 0.1) is 13.2 Å². The van der Waals surface area contributed by atoms with Crippen molar-refractivity contribution in [1.29, 1.82) is 0 Å². The zero-order valence-electron chi connectivity index (χ0n) is 12.0. The average molecular weight is 342 g/mol. The quantitative estimate of drug-likeness (QED) is 0.238. The number of ether oxygens (including phenoxy) is 3. The topological polar surface area (TPSA) is 190 Å². The molecule has 2 aliphatic heterocycles. The molecule has 11 heteroatoms. The number of aliphatic hydroxyl groups excluding tert-OH is 8. The fourth-order valence-corrected chi connectivity index (χ4v) is 2.63. The summed E-state index contributed by atoms with van der Waals surface area (Å²) in [5, 5.41) is 76.7. The molecule has 0 aromatic heterocycles. The highest BCUT2D eigenvalue weighted by atomic mass is 16.8. The molecule has 2 aliphatic rings. The predicted octanol–water partition coefficient (Wildman–Crippen LogP) is -5.40. The second-order valence-corrected chi connectivity index (χ2v) is 5.56. The van der Waals surface area contributed by atoms with E-state index in [0.717, 1.165) is 0 Å². The van der Waals surface area contributed by atoms with E-state index in [-0.39, 0.29) is 0 Å². The SMILES string of the molecule is OC[C@@H]1O[C@](CO)(O[C@@H]2O[C@H](CO)[C@@H](O)[C@H](O)[C@@H]2O)[C@H](O)[C@@H]1O. The molecule has 136 valence electrons. The van der Waals surface area contributed by atoms with Crippen molar-refractivity contribution in [2.75, 3.05) is 19.8 Å². The zero-order chi connectivity index (χ0) is 17.4. The smallest absolute Gasteiger partial charge is 0.224 e. The molecule has 0 aliphatic carbocycles. The summed E-state index contributed by atoms with van der Waals surface area (Å²) >= 11 is 0. The van der Waals surface area contributed by atoms with Gasteiger partial charge in [0.1, 0.15) is 49.3 Å². The molecule has 0 aromatic rings. The van der Waals surface area contributed by atoms with E-state index in [1.54, 1.807) is 0 Å². The molecule has 0 spiro atoms. The van der Waals surface area contributed by atoms with E-state index in [9.17, 15) is 30.6 Å². The zero-order valence-corrected chi connectivity index (χ0v) is 12.0. The molecular weight excluding hydrogens is 320 g/mol. The molecule has 2 saturated heterocycles. The van der Waals surface area contributed by atoms with Crippen LogP contribution in [0, 0.1) is 0 Å². The molecule has 23 heavy (non-hydrogen) atoms. The third-order valence-corrected chi connectivity index (χ3v) is 4.07. The number of hydrogen-bond donors (Lipinski definition) is 8. The van der Waals surface area contributed by atoms with E-state index in [1.165, 1.54) is 0 Å². The van der Waals surface area contributed by atoms with Crippen LogP contribution in [0.5, 0.6) is 0 Å². The molecular formula is C12H22O11. The molecule has 0 bridgehead atoms. The van der Waals surface area contributed by atoms with Gasteiger partial charge in [-0.15, -0.1) is 0 Å². The minimum atomic E-state index is -2.22. The fourth-order valence-electron chi connectivity index (χ4n) is 2.63. The fraction of sp³-hybridized carbons (Fsp3) is 1.00. The third kappa shape index (κ3) is 3.23. The standard InChI is InChI=1S/C12H22O11/c13-1-4-6(16)8(18)9(19)11(21-4)23-12(3-15)10(20)7(17)5(2-14)22-12/h4-11,13-20H,1-3H2/t4-,5+,6-,7-,8+,9+,10-,11+,12-/m1/s1. The van der Waals surface area contributed by atoms with Crippen molar-refractivity contribution in [3.63, 3.8) is 0 Å². The summed E-state index contributed by atoms with van der Waals surface area (Å²) in [6.07, 6.45) is -12.7. The highest BCUT2D eigenvalue weighted by molar-refractivity contribution is 4.98. The Bertz CT molecular complexity index is 393. The summed E-state index contributed by atoms with van der Waals surface area (Å²) in [4.78, 5) is 0. The first kappa shape index (κ1) is 18.9. The van der Waals surface area contributed by atoms with E-state index in [0.29, 0.717) is 0 Å². The van der Waals surface area contributed by atoms with E-state index in [4.69, 9.17) is 24.4 Å². The first-order valence-corrected chi connectivity index (χ1v) is 7.05. The predicted molar refractivity (Wildman–Crippen MR) is 68.6 cm³/mol. The van der Waals surface area contributed by atoms with Gasteiger partial charge in [0.25, 0.3) is 0 Å². The van der Waals surface area contributed by atoms with Crippen molar-refractivity contribution < 1.29 is 55.1 Å². The van der Waals surface area contributed by atoms with Gasteiger partial charge in [-0.25, -0.2) is 0 Å². The Morgan fingerprint density at radius 3 is 1.87 bits per heavy atom. The van der Waals surface area contributed by atoms with Gasteiger partial charge in [0.15, 0.2) is 6.29 Å². The average Bonchev–Trinajstić information content (AvgIpc) is 2.80. The van der Waals surface area contributed by atoms with Crippen LogP contribution < -0.4 is 0 Å². The van der Waals surface area contributed by atoms with E-state index >= 15 is 0 Å². The minimum Gasteiger partial charge on any atom is -0.394 e. The summed E-state index contributed by atoms with van der Waals surface area (Å²) in [6.45, 7) is -2.32. The van der Waals surface area contributed by atoms with Gasteiger partial charge in [-0.3, -0.25) is 0 Å². The first-order valence-electron chi connectivity index (χ1n) is 7.05. The monoisotopic (exact) mass is 342 g/mol. The Balaban J connectivity index is 2.18. The van der Waals surface area contributed by atoms with Crippen LogP contribution in [0.4, 0.5) is 0 Å². The van der Waals surface area contributed by atoms with Crippen LogP contribution in [0.3, 0.4) is 0 Å². The molecule has 0 aromatic carbocycles. The highest BCUT2D eigenvalue weighted by Gasteiger charge is 2.58. The summed E-state index contributed by atoms with van der Waals surface area (Å²) < 4.78 is 15.4. The molecule has 9 atom stereocenters. The largest absolute Gasteiger partial charge is 0.394 e. The van der Waals surface area contributed by atoms with E-state index < -0.39 is 74.6 Å². The number of aliphatic hydroxyl groups is 8. The van der Waals surface area contributed by atoms with Crippen LogP contribution in [0.25, 0.3) is 0 Å². The maximum atomic E-state index is 10.00. The summed E-state index contributed by atoms with van der Waals surface area (Å²) in [5.74, 6) is -2.22. The number of rotatable bonds is 5. The lowest BCUT2D eigenvalue weighted by molar-refractivity contribution is -0.383. The van der Waals surface area contributed by atoms with Crippen molar-refractivity contribution >= 4 is 0 Å².